The van der Waals surface area contributed by atoms with E-state index in [1.54, 1.807) is 12.4 Å². The first-order chi connectivity index (χ1) is 6.88. The monoisotopic (exact) mass is 194 g/mol. The molecular formula is C11H18N2O. The van der Waals surface area contributed by atoms with E-state index in [2.05, 4.69) is 11.9 Å². The number of unbranched alkanes of at least 4 members (excludes halogenated alkanes) is 1. The van der Waals surface area contributed by atoms with Crippen molar-refractivity contribution in [3.8, 4) is 0 Å². The summed E-state index contributed by atoms with van der Waals surface area (Å²) in [6, 6.07) is 3.90. The number of nitrogens with zero attached hydrogens (tertiary/aromatic N) is 1. The fourth-order valence-electron chi connectivity index (χ4n) is 1.25. The third-order valence-corrected chi connectivity index (χ3v) is 2.11. The highest BCUT2D eigenvalue weighted by molar-refractivity contribution is 5.13. The van der Waals surface area contributed by atoms with Crippen molar-refractivity contribution < 1.29 is 4.74 Å². The Balaban J connectivity index is 2.46. The third-order valence-electron chi connectivity index (χ3n) is 2.11. The van der Waals surface area contributed by atoms with Crippen LogP contribution in [0.5, 0.6) is 0 Å². The van der Waals surface area contributed by atoms with Crippen LogP contribution in [0.4, 0.5) is 0 Å². The molecule has 3 nitrogen and oxygen atoms in total. The maximum Gasteiger partial charge on any atom is 0.0948 e. The van der Waals surface area contributed by atoms with Crippen LogP contribution in [-0.4, -0.2) is 18.1 Å². The zero-order valence-electron chi connectivity index (χ0n) is 8.65. The number of hydrogen-bond donors (Lipinski definition) is 1. The lowest BCUT2D eigenvalue weighted by Gasteiger charge is -2.15. The summed E-state index contributed by atoms with van der Waals surface area (Å²) in [5.74, 6) is 0. The molecule has 1 rings (SSSR count). The summed E-state index contributed by atoms with van der Waals surface area (Å²) in [5, 5.41) is 0. The van der Waals surface area contributed by atoms with E-state index >= 15 is 0 Å². The molecule has 0 aliphatic carbocycles. The summed E-state index contributed by atoms with van der Waals surface area (Å²) in [7, 11) is 0. The molecule has 0 aromatic carbocycles. The van der Waals surface area contributed by atoms with Crippen molar-refractivity contribution in [2.75, 3.05) is 13.2 Å². The molecule has 1 heterocycles. The van der Waals surface area contributed by atoms with Crippen LogP contribution in [0.1, 0.15) is 31.4 Å². The molecule has 1 unspecified atom stereocenters. The minimum Gasteiger partial charge on any atom is -0.372 e. The second kappa shape index (κ2) is 6.51. The molecule has 0 fully saturated rings. The summed E-state index contributed by atoms with van der Waals surface area (Å²) < 4.78 is 5.66. The van der Waals surface area contributed by atoms with E-state index in [9.17, 15) is 0 Å². The Kier molecular flexibility index (Phi) is 5.19. The van der Waals surface area contributed by atoms with Crippen LogP contribution in [0.25, 0.3) is 0 Å². The van der Waals surface area contributed by atoms with Gasteiger partial charge in [0.25, 0.3) is 0 Å². The van der Waals surface area contributed by atoms with Crippen molar-refractivity contribution in [3.63, 3.8) is 0 Å². The molecule has 0 aliphatic heterocycles. The zero-order chi connectivity index (χ0) is 10.2. The van der Waals surface area contributed by atoms with Gasteiger partial charge >= 0.3 is 0 Å². The van der Waals surface area contributed by atoms with Gasteiger partial charge in [-0.3, -0.25) is 4.98 Å². The molecule has 1 aromatic heterocycles. The Bertz CT molecular complexity index is 238. The van der Waals surface area contributed by atoms with Gasteiger partial charge in [0.05, 0.1) is 6.10 Å². The Hall–Kier alpha value is -0.930. The Morgan fingerprint density at radius 2 is 2.14 bits per heavy atom. The van der Waals surface area contributed by atoms with E-state index in [1.165, 1.54) is 0 Å². The maximum atomic E-state index is 5.66. The van der Waals surface area contributed by atoms with Gasteiger partial charge in [0, 0.05) is 25.5 Å². The van der Waals surface area contributed by atoms with Crippen molar-refractivity contribution in [2.24, 2.45) is 5.73 Å². The van der Waals surface area contributed by atoms with Crippen LogP contribution in [0, 0.1) is 0 Å². The molecule has 14 heavy (non-hydrogen) atoms. The van der Waals surface area contributed by atoms with E-state index in [4.69, 9.17) is 10.5 Å². The number of hydrogen-bond acceptors (Lipinski definition) is 3. The molecule has 0 radical (unpaired) electrons. The quantitative estimate of drug-likeness (QED) is 0.703. The van der Waals surface area contributed by atoms with Crippen molar-refractivity contribution >= 4 is 0 Å². The Labute approximate surface area is 85.3 Å². The minimum absolute atomic E-state index is 0.0181. The topological polar surface area (TPSA) is 48.1 Å². The fraction of sp³-hybridized carbons (Fsp3) is 0.545. The van der Waals surface area contributed by atoms with Crippen molar-refractivity contribution in [1.82, 2.24) is 4.98 Å². The first kappa shape index (κ1) is 11.1. The molecule has 1 atom stereocenters. The van der Waals surface area contributed by atoms with Crippen LogP contribution in [-0.2, 0) is 4.74 Å². The standard InChI is InChI=1S/C11H18N2O/c1-2-3-8-14-11(9-12)10-4-6-13-7-5-10/h4-7,11H,2-3,8-9,12H2,1H3. The third kappa shape index (κ3) is 3.44. The molecule has 0 saturated heterocycles. The summed E-state index contributed by atoms with van der Waals surface area (Å²) in [4.78, 5) is 3.96. The normalized spacial score (nSPS) is 12.7. The predicted molar refractivity (Wildman–Crippen MR) is 56.9 cm³/mol. The molecule has 0 spiro atoms. The highest BCUT2D eigenvalue weighted by atomic mass is 16.5. The second-order valence-corrected chi connectivity index (χ2v) is 3.23. The number of pyridine rings is 1. The lowest BCUT2D eigenvalue weighted by atomic mass is 10.1. The molecule has 3 heteroatoms. The van der Waals surface area contributed by atoms with E-state index in [-0.39, 0.29) is 6.10 Å². The van der Waals surface area contributed by atoms with Crippen LogP contribution >= 0.6 is 0 Å². The average molecular weight is 194 g/mol. The van der Waals surface area contributed by atoms with Crippen LogP contribution in [0.3, 0.4) is 0 Å². The van der Waals surface area contributed by atoms with E-state index in [1.807, 2.05) is 12.1 Å². The number of rotatable bonds is 6. The van der Waals surface area contributed by atoms with Gasteiger partial charge in [-0.2, -0.15) is 0 Å². The number of nitrogens with two attached hydrogens (primary N) is 1. The molecule has 78 valence electrons. The summed E-state index contributed by atoms with van der Waals surface area (Å²) in [5.41, 5.74) is 6.75. The summed E-state index contributed by atoms with van der Waals surface area (Å²) >= 11 is 0. The SMILES string of the molecule is CCCCOC(CN)c1ccncc1. The van der Waals surface area contributed by atoms with Gasteiger partial charge < -0.3 is 10.5 Å². The minimum atomic E-state index is 0.0181. The molecule has 1 aromatic rings. The molecule has 0 bridgehead atoms. The highest BCUT2D eigenvalue weighted by Crippen LogP contribution is 2.15. The van der Waals surface area contributed by atoms with E-state index in [0.717, 1.165) is 25.0 Å². The molecule has 0 saturated carbocycles. The second-order valence-electron chi connectivity index (χ2n) is 3.23. The first-order valence-corrected chi connectivity index (χ1v) is 5.10. The molecule has 0 aliphatic rings. The smallest absolute Gasteiger partial charge is 0.0948 e. The van der Waals surface area contributed by atoms with Crippen LogP contribution in [0.2, 0.25) is 0 Å². The summed E-state index contributed by atoms with van der Waals surface area (Å²) in [6.07, 6.45) is 5.78. The first-order valence-electron chi connectivity index (χ1n) is 5.10. The van der Waals surface area contributed by atoms with Crippen LogP contribution < -0.4 is 5.73 Å². The number of ether oxygens (including phenoxy) is 1. The van der Waals surface area contributed by atoms with Gasteiger partial charge in [0.2, 0.25) is 0 Å². The van der Waals surface area contributed by atoms with Gasteiger partial charge in [-0.1, -0.05) is 13.3 Å². The van der Waals surface area contributed by atoms with E-state index < -0.39 is 0 Å². The van der Waals surface area contributed by atoms with Crippen molar-refractivity contribution in [3.05, 3.63) is 30.1 Å². The predicted octanol–water partition coefficient (Wildman–Crippen LogP) is 1.90. The largest absolute Gasteiger partial charge is 0.372 e. The Morgan fingerprint density at radius 1 is 1.43 bits per heavy atom. The highest BCUT2D eigenvalue weighted by Gasteiger charge is 2.08. The van der Waals surface area contributed by atoms with Gasteiger partial charge in [-0.25, -0.2) is 0 Å². The zero-order valence-corrected chi connectivity index (χ0v) is 8.65. The van der Waals surface area contributed by atoms with Gasteiger partial charge in [-0.05, 0) is 24.1 Å². The fourth-order valence-corrected chi connectivity index (χ4v) is 1.25. The maximum absolute atomic E-state index is 5.66. The number of aromatic nitrogens is 1. The van der Waals surface area contributed by atoms with E-state index in [0.29, 0.717) is 6.54 Å². The Morgan fingerprint density at radius 3 is 2.71 bits per heavy atom. The molecular weight excluding hydrogens is 176 g/mol. The molecule has 2 N–H and O–H groups in total. The van der Waals surface area contributed by atoms with Gasteiger partial charge in [-0.15, -0.1) is 0 Å². The van der Waals surface area contributed by atoms with Gasteiger partial charge in [0.1, 0.15) is 0 Å². The van der Waals surface area contributed by atoms with Crippen LogP contribution in [0.15, 0.2) is 24.5 Å². The van der Waals surface area contributed by atoms with Gasteiger partial charge in [0.15, 0.2) is 0 Å². The summed E-state index contributed by atoms with van der Waals surface area (Å²) in [6.45, 7) is 3.45. The lowest BCUT2D eigenvalue weighted by molar-refractivity contribution is 0.0566. The van der Waals surface area contributed by atoms with Crippen molar-refractivity contribution in [2.45, 2.75) is 25.9 Å². The molecule has 0 amide bonds. The van der Waals surface area contributed by atoms with Crippen molar-refractivity contribution in [1.29, 1.82) is 0 Å². The lowest BCUT2D eigenvalue weighted by Crippen LogP contribution is -2.16. The average Bonchev–Trinajstić information content (AvgIpc) is 2.26.